The van der Waals surface area contributed by atoms with Crippen LogP contribution in [0.5, 0.6) is 11.5 Å². The molecule has 0 aliphatic rings. The van der Waals surface area contributed by atoms with Gasteiger partial charge in [0.15, 0.2) is 6.04 Å². The van der Waals surface area contributed by atoms with Crippen LogP contribution in [-0.4, -0.2) is 68.4 Å². The summed E-state index contributed by atoms with van der Waals surface area (Å²) in [4.78, 5) is 14.7. The van der Waals surface area contributed by atoms with Crippen LogP contribution < -0.4 is 0 Å². The van der Waals surface area contributed by atoms with Gasteiger partial charge in [-0.1, -0.05) is 0 Å². The van der Waals surface area contributed by atoms with E-state index in [4.69, 9.17) is 10.2 Å². The van der Waals surface area contributed by atoms with Crippen molar-refractivity contribution in [2.45, 2.75) is 13.0 Å². The monoisotopic (exact) mass is 279 g/mol. The van der Waals surface area contributed by atoms with Crippen molar-refractivity contribution in [2.24, 2.45) is 4.99 Å². The Labute approximate surface area is 132 Å². The molecule has 0 saturated heterocycles. The van der Waals surface area contributed by atoms with Crippen LogP contribution >= 0.6 is 12.6 Å². The van der Waals surface area contributed by atoms with Gasteiger partial charge in [-0.05, 0) is 19.1 Å². The first-order valence-electron chi connectivity index (χ1n) is 4.86. The Bertz CT molecular complexity index is 464. The van der Waals surface area contributed by atoms with Gasteiger partial charge in [-0.15, -0.1) is 0 Å². The Kier molecular flexibility index (Phi) is 7.39. The fraction of sp³-hybridized carbons (Fsp3) is 0.273. The maximum absolute atomic E-state index is 10.8. The molecule has 0 spiro atoms. The zero-order chi connectivity index (χ0) is 13.0. The number of aromatic hydroxyl groups is 2. The molecule has 5 nitrogen and oxygen atoms in total. The zero-order valence-electron chi connectivity index (χ0n) is 9.16. The number of phenols is 2. The van der Waals surface area contributed by atoms with Gasteiger partial charge < -0.3 is 15.3 Å². The molecule has 0 aliphatic carbocycles. The zero-order valence-corrected chi connectivity index (χ0v) is 10.1. The number of aliphatic carboxylic acids is 1. The number of phenolic OH excluding ortho intramolecular Hbond substituents is 2. The average molecular weight is 279 g/mol. The molecule has 7 heteroatoms. The van der Waals surface area contributed by atoms with Crippen molar-refractivity contribution in [3.05, 3.63) is 23.8 Å². The minimum atomic E-state index is -1.07. The quantitative estimate of drug-likeness (QED) is 0.370. The van der Waals surface area contributed by atoms with Gasteiger partial charge >= 0.3 is 35.5 Å². The van der Waals surface area contributed by atoms with E-state index in [0.29, 0.717) is 11.3 Å². The Morgan fingerprint density at radius 3 is 2.50 bits per heavy atom. The molecule has 0 bridgehead atoms. The van der Waals surface area contributed by atoms with Gasteiger partial charge in [-0.25, -0.2) is 4.79 Å². The number of nitrogens with zero attached hydrogens (tertiary/aromatic N) is 1. The number of aliphatic imine (C=N–C) groups is 1. The summed E-state index contributed by atoms with van der Waals surface area (Å²) >= 11 is 3.89. The third-order valence-electron chi connectivity index (χ3n) is 2.18. The summed E-state index contributed by atoms with van der Waals surface area (Å²) in [5, 5.41) is 27.5. The molecule has 0 radical (unpaired) electrons. The summed E-state index contributed by atoms with van der Waals surface area (Å²) in [5.74, 6) is -1.21. The summed E-state index contributed by atoms with van der Waals surface area (Å²) in [6.45, 7) is 1.59. The van der Waals surface area contributed by atoms with E-state index in [0.717, 1.165) is 0 Å². The Morgan fingerprint density at radius 1 is 1.44 bits per heavy atom. The number of carbonyl (C=O) groups is 1. The Morgan fingerprint density at radius 2 is 2.06 bits per heavy atom. The number of hydrogen-bond acceptors (Lipinski definition) is 5. The maximum atomic E-state index is 10.8. The first-order valence-corrected chi connectivity index (χ1v) is 5.49. The summed E-state index contributed by atoms with van der Waals surface area (Å²) in [5.41, 5.74) is 0.764. The molecule has 0 aliphatic heterocycles. The molecule has 1 rings (SSSR count). The normalized spacial score (nSPS) is 12.7. The van der Waals surface area contributed by atoms with Crippen molar-refractivity contribution in [3.63, 3.8) is 0 Å². The molecule has 0 fully saturated rings. The third-order valence-corrected chi connectivity index (χ3v) is 2.52. The van der Waals surface area contributed by atoms with E-state index < -0.39 is 12.0 Å². The molecule has 3 N–H and O–H groups in total. The van der Waals surface area contributed by atoms with Crippen molar-refractivity contribution in [2.75, 3.05) is 5.75 Å². The third kappa shape index (κ3) is 4.53. The summed E-state index contributed by atoms with van der Waals surface area (Å²) in [7, 11) is 0. The Hall–Kier alpha value is -0.690. The van der Waals surface area contributed by atoms with E-state index in [9.17, 15) is 9.90 Å². The van der Waals surface area contributed by atoms with Crippen LogP contribution in [0.25, 0.3) is 0 Å². The van der Waals surface area contributed by atoms with E-state index in [1.165, 1.54) is 18.2 Å². The number of carboxylic acids is 1. The van der Waals surface area contributed by atoms with Crippen molar-refractivity contribution in [3.8, 4) is 11.5 Å². The van der Waals surface area contributed by atoms with Crippen molar-refractivity contribution in [1.82, 2.24) is 0 Å². The van der Waals surface area contributed by atoms with E-state index in [1.54, 1.807) is 6.92 Å². The molecule has 0 amide bonds. The van der Waals surface area contributed by atoms with Crippen molar-refractivity contribution >= 4 is 53.9 Å². The molecular formula is C11H14NNaO4S. The van der Waals surface area contributed by atoms with Crippen molar-refractivity contribution < 1.29 is 20.1 Å². The van der Waals surface area contributed by atoms with Gasteiger partial charge in [0, 0.05) is 23.1 Å². The molecule has 94 valence electrons. The second-order valence-corrected chi connectivity index (χ2v) is 3.82. The van der Waals surface area contributed by atoms with Crippen LogP contribution in [0.2, 0.25) is 0 Å². The fourth-order valence-electron chi connectivity index (χ4n) is 1.30. The van der Waals surface area contributed by atoms with Gasteiger partial charge in [0.05, 0.1) is 0 Å². The van der Waals surface area contributed by atoms with Crippen molar-refractivity contribution in [1.29, 1.82) is 0 Å². The van der Waals surface area contributed by atoms with Crippen LogP contribution in [0.1, 0.15) is 12.5 Å². The van der Waals surface area contributed by atoms with Crippen LogP contribution in [0.15, 0.2) is 23.2 Å². The van der Waals surface area contributed by atoms with E-state index in [1.807, 2.05) is 0 Å². The van der Waals surface area contributed by atoms with E-state index >= 15 is 0 Å². The van der Waals surface area contributed by atoms with Crippen LogP contribution in [-0.2, 0) is 4.79 Å². The molecule has 0 aromatic heterocycles. The molecule has 18 heavy (non-hydrogen) atoms. The molecule has 1 aromatic carbocycles. The van der Waals surface area contributed by atoms with Gasteiger partial charge in [0.25, 0.3) is 0 Å². The first kappa shape index (κ1) is 17.3. The van der Waals surface area contributed by atoms with Gasteiger partial charge in [-0.3, -0.25) is 4.99 Å². The van der Waals surface area contributed by atoms with Crippen LogP contribution in [0.4, 0.5) is 0 Å². The SMILES string of the molecule is C/C(=N/C(CS)C(=O)O)c1ccc(O)cc1O.[NaH]. The standard InChI is InChI=1S/C11H13NO4S.Na.H/c1-6(12-9(5-17)11(15)16)8-3-2-7(13)4-10(8)14;;/h2-4,9,13-14,17H,5H2,1H3,(H,15,16);;/b12-6-;;. The van der Waals surface area contributed by atoms with Gasteiger partial charge in [0.1, 0.15) is 11.5 Å². The van der Waals surface area contributed by atoms with Crippen LogP contribution in [0.3, 0.4) is 0 Å². The molecule has 0 heterocycles. The topological polar surface area (TPSA) is 90.1 Å². The first-order chi connectivity index (χ1) is 7.95. The number of carboxylic acid groups (broad SMARTS) is 1. The minimum absolute atomic E-state index is 0. The molecular weight excluding hydrogens is 265 g/mol. The molecule has 1 atom stereocenters. The van der Waals surface area contributed by atoms with E-state index in [-0.39, 0.29) is 46.8 Å². The summed E-state index contributed by atoms with van der Waals surface area (Å²) in [6.07, 6.45) is 0. The second kappa shape index (κ2) is 7.68. The summed E-state index contributed by atoms with van der Waals surface area (Å²) in [6, 6.07) is 3.09. The predicted molar refractivity (Wildman–Crippen MR) is 74.4 cm³/mol. The van der Waals surface area contributed by atoms with Gasteiger partial charge in [-0.2, -0.15) is 12.6 Å². The number of rotatable bonds is 4. The van der Waals surface area contributed by atoms with Gasteiger partial charge in [0.2, 0.25) is 0 Å². The number of hydrogen-bond donors (Lipinski definition) is 4. The number of thiol groups is 1. The van der Waals surface area contributed by atoms with E-state index in [2.05, 4.69) is 17.6 Å². The molecule has 1 unspecified atom stereocenters. The van der Waals surface area contributed by atoms with Crippen LogP contribution in [0, 0.1) is 0 Å². The second-order valence-electron chi connectivity index (χ2n) is 3.45. The average Bonchev–Trinajstić information content (AvgIpc) is 2.24. The molecule has 0 saturated carbocycles. The fourth-order valence-corrected chi connectivity index (χ4v) is 1.54. The number of benzene rings is 1. The summed E-state index contributed by atoms with van der Waals surface area (Å²) < 4.78 is 0. The molecule has 1 aromatic rings. The Balaban J connectivity index is 0.00000289. The predicted octanol–water partition coefficient (Wildman–Crippen LogP) is 0.641.